The van der Waals surface area contributed by atoms with E-state index in [1.165, 1.54) is 11.3 Å². The molecule has 2 aromatic carbocycles. The number of aromatic hydroxyl groups is 1. The van der Waals surface area contributed by atoms with E-state index in [1.54, 1.807) is 28.8 Å². The molecule has 0 aliphatic heterocycles. The minimum Gasteiger partial charge on any atom is -0.508 e. The lowest BCUT2D eigenvalue weighted by Crippen LogP contribution is -2.14. The highest BCUT2D eigenvalue weighted by molar-refractivity contribution is 7.15. The van der Waals surface area contributed by atoms with Gasteiger partial charge in [-0.05, 0) is 24.3 Å². The Labute approximate surface area is 135 Å². The normalized spacial score (nSPS) is 11.0. The van der Waals surface area contributed by atoms with Crippen molar-refractivity contribution < 1.29 is 5.11 Å². The first kappa shape index (κ1) is 13.7. The van der Waals surface area contributed by atoms with Crippen molar-refractivity contribution in [3.63, 3.8) is 0 Å². The molecule has 0 saturated heterocycles. The van der Waals surface area contributed by atoms with E-state index < -0.39 is 0 Å². The Bertz CT molecular complexity index is 1040. The van der Waals surface area contributed by atoms with Gasteiger partial charge in [0, 0.05) is 16.5 Å². The van der Waals surface area contributed by atoms with Crippen LogP contribution in [0.15, 0.2) is 64.8 Å². The number of hydrogen-bond acceptors (Lipinski definition) is 5. The molecule has 0 atom stereocenters. The third-order valence-corrected chi connectivity index (χ3v) is 4.31. The van der Waals surface area contributed by atoms with Gasteiger partial charge in [0.05, 0.1) is 5.69 Å². The second-order valence-corrected chi connectivity index (χ2v) is 5.83. The molecule has 0 aliphatic carbocycles. The molecule has 0 bridgehead atoms. The molecule has 4 rings (SSSR count). The Hall–Kier alpha value is -2.99. The van der Waals surface area contributed by atoms with Crippen molar-refractivity contribution in [2.45, 2.75) is 0 Å². The van der Waals surface area contributed by atoms with Crippen LogP contribution < -0.4 is 5.56 Å². The van der Waals surface area contributed by atoms with Gasteiger partial charge >= 0.3 is 5.56 Å². The zero-order valence-corrected chi connectivity index (χ0v) is 12.7. The molecule has 5 nitrogen and oxygen atoms in total. The van der Waals surface area contributed by atoms with Gasteiger partial charge in [-0.25, -0.2) is 4.52 Å². The van der Waals surface area contributed by atoms with Gasteiger partial charge in [-0.3, -0.25) is 4.79 Å². The molecular formula is C17H11N3O2S. The van der Waals surface area contributed by atoms with Gasteiger partial charge < -0.3 is 5.11 Å². The molecule has 23 heavy (non-hydrogen) atoms. The highest BCUT2D eigenvalue weighted by Crippen LogP contribution is 2.26. The van der Waals surface area contributed by atoms with Crippen LogP contribution in [0, 0.1) is 0 Å². The number of aromatic nitrogens is 3. The molecule has 0 fully saturated rings. The van der Waals surface area contributed by atoms with Crippen molar-refractivity contribution in [2.75, 3.05) is 0 Å². The van der Waals surface area contributed by atoms with Crippen molar-refractivity contribution in [1.82, 2.24) is 14.6 Å². The fourth-order valence-electron chi connectivity index (χ4n) is 2.36. The molecule has 6 heteroatoms. The zero-order valence-electron chi connectivity index (χ0n) is 11.9. The third kappa shape index (κ3) is 2.39. The predicted octanol–water partition coefficient (Wildman–Crippen LogP) is 3.19. The smallest absolute Gasteiger partial charge is 0.300 e. The summed E-state index contributed by atoms with van der Waals surface area (Å²) < 4.78 is 1.67. The summed E-state index contributed by atoms with van der Waals surface area (Å²) in [6.07, 6.45) is 0. The maximum atomic E-state index is 12.2. The maximum absolute atomic E-state index is 12.2. The molecule has 112 valence electrons. The number of phenolic OH excluding ortho intramolecular Hbond substituents is 1. The van der Waals surface area contributed by atoms with E-state index in [-0.39, 0.29) is 11.3 Å². The Morgan fingerprint density at radius 1 is 0.957 bits per heavy atom. The Kier molecular flexibility index (Phi) is 3.17. The largest absolute Gasteiger partial charge is 0.508 e. The molecule has 4 aromatic rings. The summed E-state index contributed by atoms with van der Waals surface area (Å²) in [6, 6.07) is 16.1. The van der Waals surface area contributed by atoms with Crippen LogP contribution in [0.25, 0.3) is 27.5 Å². The molecule has 0 amide bonds. The fraction of sp³-hybridized carbons (Fsp3) is 0. The van der Waals surface area contributed by atoms with Crippen LogP contribution >= 0.6 is 11.3 Å². The van der Waals surface area contributed by atoms with Gasteiger partial charge in [-0.2, -0.15) is 10.1 Å². The van der Waals surface area contributed by atoms with Gasteiger partial charge in [0.25, 0.3) is 0 Å². The van der Waals surface area contributed by atoms with E-state index in [1.807, 2.05) is 35.7 Å². The lowest BCUT2D eigenvalue weighted by Gasteiger charge is -2.04. The Morgan fingerprint density at radius 3 is 2.43 bits per heavy atom. The number of fused-ring (bicyclic) bond motifs is 1. The molecule has 2 heterocycles. The van der Waals surface area contributed by atoms with E-state index in [0.29, 0.717) is 10.7 Å². The van der Waals surface area contributed by atoms with Crippen molar-refractivity contribution >= 4 is 16.3 Å². The van der Waals surface area contributed by atoms with Gasteiger partial charge in [-0.15, -0.1) is 11.3 Å². The van der Waals surface area contributed by atoms with Gasteiger partial charge in [0.2, 0.25) is 4.96 Å². The van der Waals surface area contributed by atoms with Crippen LogP contribution in [0.1, 0.15) is 0 Å². The first-order valence-electron chi connectivity index (χ1n) is 6.96. The second kappa shape index (κ2) is 5.33. The van der Waals surface area contributed by atoms with Crippen molar-refractivity contribution in [2.24, 2.45) is 0 Å². The molecule has 0 spiro atoms. The first-order chi connectivity index (χ1) is 11.2. The van der Waals surface area contributed by atoms with Crippen LogP contribution in [0.5, 0.6) is 5.75 Å². The Morgan fingerprint density at radius 2 is 1.70 bits per heavy atom. The van der Waals surface area contributed by atoms with Crippen LogP contribution in [0.2, 0.25) is 0 Å². The lowest BCUT2D eigenvalue weighted by atomic mass is 10.1. The van der Waals surface area contributed by atoms with E-state index in [4.69, 9.17) is 0 Å². The summed E-state index contributed by atoms with van der Waals surface area (Å²) >= 11 is 1.36. The SMILES string of the molecule is O=c1nc2scc(-c3ccc(O)cc3)n2nc1-c1ccccc1. The molecule has 0 saturated carbocycles. The number of nitrogens with zero attached hydrogens (tertiary/aromatic N) is 3. The number of hydrogen-bond donors (Lipinski definition) is 1. The fourth-order valence-corrected chi connectivity index (χ4v) is 3.19. The molecular weight excluding hydrogens is 310 g/mol. The summed E-state index contributed by atoms with van der Waals surface area (Å²) in [6.45, 7) is 0. The third-order valence-electron chi connectivity index (χ3n) is 3.50. The van der Waals surface area contributed by atoms with E-state index >= 15 is 0 Å². The number of thiazole rings is 1. The highest BCUT2D eigenvalue weighted by atomic mass is 32.1. The summed E-state index contributed by atoms with van der Waals surface area (Å²) in [5.74, 6) is 0.205. The maximum Gasteiger partial charge on any atom is 0.300 e. The average Bonchev–Trinajstić information content (AvgIpc) is 2.98. The van der Waals surface area contributed by atoms with Crippen LogP contribution in [-0.2, 0) is 0 Å². The topological polar surface area (TPSA) is 67.5 Å². The predicted molar refractivity (Wildman–Crippen MR) is 89.7 cm³/mol. The van der Waals surface area contributed by atoms with Gasteiger partial charge in [0.15, 0.2) is 5.69 Å². The number of rotatable bonds is 2. The minimum absolute atomic E-state index is 0.205. The lowest BCUT2D eigenvalue weighted by molar-refractivity contribution is 0.475. The average molecular weight is 321 g/mol. The highest BCUT2D eigenvalue weighted by Gasteiger charge is 2.13. The summed E-state index contributed by atoms with van der Waals surface area (Å²) in [4.78, 5) is 16.9. The second-order valence-electron chi connectivity index (χ2n) is 4.99. The molecule has 0 aliphatic rings. The number of phenols is 1. The summed E-state index contributed by atoms with van der Waals surface area (Å²) in [5.41, 5.74) is 2.44. The van der Waals surface area contributed by atoms with Crippen molar-refractivity contribution in [1.29, 1.82) is 0 Å². The quantitative estimate of drug-likeness (QED) is 0.616. The van der Waals surface area contributed by atoms with Crippen molar-refractivity contribution in [3.05, 3.63) is 70.3 Å². The molecule has 1 N–H and O–H groups in total. The number of benzene rings is 2. The van der Waals surface area contributed by atoms with Crippen LogP contribution in [0.3, 0.4) is 0 Å². The van der Waals surface area contributed by atoms with Crippen LogP contribution in [0.4, 0.5) is 0 Å². The minimum atomic E-state index is -0.338. The molecule has 2 aromatic heterocycles. The zero-order chi connectivity index (χ0) is 15.8. The monoisotopic (exact) mass is 321 g/mol. The van der Waals surface area contributed by atoms with Gasteiger partial charge in [-0.1, -0.05) is 30.3 Å². The van der Waals surface area contributed by atoms with Crippen molar-refractivity contribution in [3.8, 4) is 28.3 Å². The first-order valence-corrected chi connectivity index (χ1v) is 7.84. The molecule has 0 radical (unpaired) electrons. The standard InChI is InChI=1S/C17H11N3O2S/c21-13-8-6-11(7-9-13)14-10-23-17-18-16(22)15(19-20(14)17)12-4-2-1-3-5-12/h1-10,21H. The van der Waals surface area contributed by atoms with Gasteiger partial charge in [0.1, 0.15) is 5.75 Å². The summed E-state index contributed by atoms with van der Waals surface area (Å²) in [7, 11) is 0. The van der Waals surface area contributed by atoms with E-state index in [9.17, 15) is 9.90 Å². The Balaban J connectivity index is 1.95. The van der Waals surface area contributed by atoms with E-state index in [0.717, 1.165) is 16.8 Å². The van der Waals surface area contributed by atoms with E-state index in [2.05, 4.69) is 10.1 Å². The van der Waals surface area contributed by atoms with Crippen LogP contribution in [-0.4, -0.2) is 19.7 Å². The summed E-state index contributed by atoms with van der Waals surface area (Å²) in [5, 5.41) is 15.8. The molecule has 0 unspecified atom stereocenters.